The predicted molar refractivity (Wildman–Crippen MR) is 113 cm³/mol. The fourth-order valence-electron chi connectivity index (χ4n) is 2.40. The maximum Gasteiger partial charge on any atom is 0.337 e. The van der Waals surface area contributed by atoms with Crippen molar-refractivity contribution in [2.45, 2.75) is 13.5 Å². The fraction of sp³-hybridized carbons (Fsp3) is 0.100. The first-order valence-electron chi connectivity index (χ1n) is 8.86. The highest BCUT2D eigenvalue weighted by Crippen LogP contribution is 2.25. The number of anilines is 2. The smallest absolute Gasteiger partial charge is 0.337 e. The topological polar surface area (TPSA) is 121 Å². The molecule has 3 rings (SSSR count). The average Bonchev–Trinajstić information content (AvgIpc) is 3.20. The van der Waals surface area contributed by atoms with Crippen LogP contribution in [-0.4, -0.2) is 22.8 Å². The first kappa shape index (κ1) is 20.8. The van der Waals surface area contributed by atoms with Gasteiger partial charge in [0.15, 0.2) is 0 Å². The molecule has 154 valence electrons. The van der Waals surface area contributed by atoms with Crippen molar-refractivity contribution in [3.63, 3.8) is 0 Å². The molecule has 0 unspecified atom stereocenters. The van der Waals surface area contributed by atoms with Crippen molar-refractivity contribution in [3.05, 3.63) is 70.5 Å². The second kappa shape index (κ2) is 10.0. The lowest BCUT2D eigenvalue weighted by Gasteiger charge is -2.10. The third-order valence-corrected chi connectivity index (χ3v) is 4.57. The minimum absolute atomic E-state index is 0.175. The number of benzene rings is 1. The van der Waals surface area contributed by atoms with E-state index in [1.165, 1.54) is 18.3 Å². The summed E-state index contributed by atoms with van der Waals surface area (Å²) in [5.74, 6) is 0.0687. The Morgan fingerprint density at radius 3 is 2.60 bits per heavy atom. The summed E-state index contributed by atoms with van der Waals surface area (Å²) in [4.78, 5) is 39.8. The van der Waals surface area contributed by atoms with Gasteiger partial charge in [-0.15, -0.1) is 11.3 Å². The molecule has 4 amide bonds. The van der Waals surface area contributed by atoms with E-state index in [-0.39, 0.29) is 12.5 Å². The highest BCUT2D eigenvalue weighted by Gasteiger charge is 2.15. The molecule has 0 fully saturated rings. The highest BCUT2D eigenvalue weighted by molar-refractivity contribution is 7.12. The first-order chi connectivity index (χ1) is 14.5. The molecule has 0 saturated heterocycles. The summed E-state index contributed by atoms with van der Waals surface area (Å²) in [7, 11) is 0. The van der Waals surface area contributed by atoms with Crippen LogP contribution >= 0.6 is 11.3 Å². The zero-order valence-corrected chi connectivity index (χ0v) is 16.8. The molecule has 9 nitrogen and oxygen atoms in total. The van der Waals surface area contributed by atoms with E-state index in [2.05, 4.69) is 26.5 Å². The lowest BCUT2D eigenvalue weighted by molar-refractivity contribution is -0.114. The van der Waals surface area contributed by atoms with Crippen LogP contribution in [0.1, 0.15) is 22.2 Å². The van der Waals surface area contributed by atoms with Crippen LogP contribution in [0, 0.1) is 0 Å². The van der Waals surface area contributed by atoms with Gasteiger partial charge in [0.25, 0.3) is 5.91 Å². The number of hydrazine groups is 1. The largest absolute Gasteiger partial charge is 0.487 e. The Morgan fingerprint density at radius 1 is 1.03 bits per heavy atom. The summed E-state index contributed by atoms with van der Waals surface area (Å²) in [5, 5.41) is 6.90. The number of urea groups is 1. The van der Waals surface area contributed by atoms with Gasteiger partial charge in [0.2, 0.25) is 5.91 Å². The van der Waals surface area contributed by atoms with Crippen LogP contribution in [0.15, 0.2) is 60.1 Å². The number of nitrogens with zero attached hydrogens (tertiary/aromatic N) is 1. The monoisotopic (exact) mass is 425 g/mol. The average molecular weight is 425 g/mol. The molecule has 3 aromatic rings. The van der Waals surface area contributed by atoms with Crippen molar-refractivity contribution in [1.82, 2.24) is 15.8 Å². The van der Waals surface area contributed by atoms with E-state index < -0.39 is 11.9 Å². The van der Waals surface area contributed by atoms with Gasteiger partial charge in [-0.25, -0.2) is 15.2 Å². The van der Waals surface area contributed by atoms with Crippen molar-refractivity contribution in [2.75, 3.05) is 10.6 Å². The fourth-order valence-corrected chi connectivity index (χ4v) is 3.13. The van der Waals surface area contributed by atoms with Crippen LogP contribution < -0.4 is 26.2 Å². The van der Waals surface area contributed by atoms with E-state index in [1.54, 1.807) is 54.0 Å². The summed E-state index contributed by atoms with van der Waals surface area (Å²) in [6, 6.07) is 13.4. The first-order valence-corrected chi connectivity index (χ1v) is 9.74. The number of hydrogen-bond donors (Lipinski definition) is 4. The Balaban J connectivity index is 1.53. The molecular weight excluding hydrogens is 406 g/mol. The molecule has 2 heterocycles. The van der Waals surface area contributed by atoms with Crippen molar-refractivity contribution >= 4 is 40.7 Å². The Morgan fingerprint density at radius 2 is 1.83 bits per heavy atom. The molecule has 0 aliphatic carbocycles. The molecule has 0 atom stereocenters. The van der Waals surface area contributed by atoms with Gasteiger partial charge in [-0.1, -0.05) is 18.2 Å². The molecule has 0 radical (unpaired) electrons. The van der Waals surface area contributed by atoms with Crippen molar-refractivity contribution < 1.29 is 19.1 Å². The van der Waals surface area contributed by atoms with E-state index in [4.69, 9.17) is 4.74 Å². The number of para-hydroxylation sites is 1. The third kappa shape index (κ3) is 6.04. The van der Waals surface area contributed by atoms with Gasteiger partial charge in [-0.3, -0.25) is 15.0 Å². The summed E-state index contributed by atoms with van der Waals surface area (Å²) < 4.78 is 5.73. The minimum atomic E-state index is -0.573. The standard InChI is InChI=1S/C20H19N5O4S/c1-13(26)22-17-11-14(7-9-21-17)12-29-16-8-10-30-18(16)19(27)24-25-20(28)23-15-5-3-2-4-6-15/h2-11H,12H2,1H3,(H,24,27)(H,21,22,26)(H2,23,25,28). The molecule has 4 N–H and O–H groups in total. The van der Waals surface area contributed by atoms with Crippen LogP contribution in [0.4, 0.5) is 16.3 Å². The molecule has 0 saturated carbocycles. The minimum Gasteiger partial charge on any atom is -0.487 e. The van der Waals surface area contributed by atoms with Crippen LogP contribution in [0.5, 0.6) is 5.75 Å². The number of carbonyl (C=O) groups excluding carboxylic acids is 3. The lowest BCUT2D eigenvalue weighted by Crippen LogP contribution is -2.43. The highest BCUT2D eigenvalue weighted by atomic mass is 32.1. The third-order valence-electron chi connectivity index (χ3n) is 3.68. The number of rotatable bonds is 6. The van der Waals surface area contributed by atoms with Crippen LogP contribution in [0.25, 0.3) is 0 Å². The normalized spacial score (nSPS) is 10.0. The Bertz CT molecular complexity index is 1040. The van der Waals surface area contributed by atoms with E-state index >= 15 is 0 Å². The van der Waals surface area contributed by atoms with Gasteiger partial charge in [-0.2, -0.15) is 0 Å². The van der Waals surface area contributed by atoms with Crippen molar-refractivity contribution in [3.8, 4) is 5.75 Å². The van der Waals surface area contributed by atoms with Crippen molar-refractivity contribution in [2.24, 2.45) is 0 Å². The predicted octanol–water partition coefficient (Wildman–Crippen LogP) is 3.15. The van der Waals surface area contributed by atoms with Gasteiger partial charge >= 0.3 is 6.03 Å². The van der Waals surface area contributed by atoms with E-state index in [0.717, 1.165) is 5.56 Å². The van der Waals surface area contributed by atoms with E-state index in [1.807, 2.05) is 6.07 Å². The lowest BCUT2D eigenvalue weighted by atomic mass is 10.3. The number of pyridine rings is 1. The number of ether oxygens (including phenoxy) is 1. The van der Waals surface area contributed by atoms with Gasteiger partial charge < -0.3 is 15.4 Å². The van der Waals surface area contributed by atoms with Gasteiger partial charge in [0.05, 0.1) is 0 Å². The second-order valence-electron chi connectivity index (χ2n) is 6.03. The number of thiophene rings is 1. The maximum atomic E-state index is 12.4. The quantitative estimate of drug-likeness (QED) is 0.452. The molecule has 0 aliphatic heterocycles. The van der Waals surface area contributed by atoms with Crippen LogP contribution in [-0.2, 0) is 11.4 Å². The number of carbonyl (C=O) groups is 3. The summed E-state index contributed by atoms with van der Waals surface area (Å²) in [5.41, 5.74) is 6.01. The van der Waals surface area contributed by atoms with Crippen LogP contribution in [0.2, 0.25) is 0 Å². The van der Waals surface area contributed by atoms with Gasteiger partial charge in [0.1, 0.15) is 23.1 Å². The van der Waals surface area contributed by atoms with Gasteiger partial charge in [-0.05, 0) is 41.3 Å². The molecular formula is C20H19N5O4S. The van der Waals surface area contributed by atoms with E-state index in [0.29, 0.717) is 22.1 Å². The molecule has 1 aromatic carbocycles. The molecule has 0 aliphatic rings. The Labute approximate surface area is 176 Å². The van der Waals surface area contributed by atoms with Gasteiger partial charge in [0, 0.05) is 18.8 Å². The molecule has 10 heteroatoms. The zero-order chi connectivity index (χ0) is 21.3. The SMILES string of the molecule is CC(=O)Nc1cc(COc2ccsc2C(=O)NNC(=O)Nc2ccccc2)ccn1. The molecule has 30 heavy (non-hydrogen) atoms. The maximum absolute atomic E-state index is 12.4. The Hall–Kier alpha value is -3.92. The number of hydrogen-bond acceptors (Lipinski definition) is 6. The second-order valence-corrected chi connectivity index (χ2v) is 6.95. The van der Waals surface area contributed by atoms with Crippen molar-refractivity contribution in [1.29, 1.82) is 0 Å². The molecule has 0 spiro atoms. The van der Waals surface area contributed by atoms with Crippen LogP contribution in [0.3, 0.4) is 0 Å². The number of amides is 4. The Kier molecular flexibility index (Phi) is 6.95. The number of nitrogens with one attached hydrogen (secondary N) is 4. The number of aromatic nitrogens is 1. The molecule has 0 bridgehead atoms. The summed E-state index contributed by atoms with van der Waals surface area (Å²) in [6.07, 6.45) is 1.56. The summed E-state index contributed by atoms with van der Waals surface area (Å²) >= 11 is 1.18. The van der Waals surface area contributed by atoms with E-state index in [9.17, 15) is 14.4 Å². The molecule has 2 aromatic heterocycles. The zero-order valence-electron chi connectivity index (χ0n) is 16.0. The summed E-state index contributed by atoms with van der Waals surface area (Å²) in [6.45, 7) is 1.57.